The van der Waals surface area contributed by atoms with E-state index in [-0.39, 0.29) is 17.9 Å². The number of amides is 1. The smallest absolute Gasteiger partial charge is 0.227 e. The number of hydrogen-bond donors (Lipinski definition) is 2. The number of nitrogens with zero attached hydrogens (tertiary/aromatic N) is 1. The van der Waals surface area contributed by atoms with Crippen LogP contribution < -0.4 is 5.32 Å². The Morgan fingerprint density at radius 1 is 1.40 bits per heavy atom. The Morgan fingerprint density at radius 3 is 3.00 bits per heavy atom. The largest absolute Gasteiger partial charge is 0.391 e. The van der Waals surface area contributed by atoms with Gasteiger partial charge in [0.2, 0.25) is 5.91 Å². The van der Waals surface area contributed by atoms with Gasteiger partial charge in [-0.2, -0.15) is 0 Å². The minimum absolute atomic E-state index is 0.00879. The van der Waals surface area contributed by atoms with Gasteiger partial charge in [0.15, 0.2) is 0 Å². The van der Waals surface area contributed by atoms with Crippen molar-refractivity contribution in [2.45, 2.75) is 25.9 Å². The average Bonchev–Trinajstić information content (AvgIpc) is 2.49. The molecule has 0 aliphatic carbocycles. The van der Waals surface area contributed by atoms with E-state index >= 15 is 0 Å². The molecule has 0 saturated carbocycles. The minimum Gasteiger partial charge on any atom is -0.391 e. The van der Waals surface area contributed by atoms with Crippen LogP contribution in [0, 0.1) is 11.8 Å². The maximum absolute atomic E-state index is 12.6. The first kappa shape index (κ1) is 13.4. The third kappa shape index (κ3) is 2.52. The van der Waals surface area contributed by atoms with Crippen molar-refractivity contribution in [3.8, 4) is 0 Å². The van der Waals surface area contributed by atoms with Crippen LogP contribution in [0.4, 0.5) is 5.69 Å². The van der Waals surface area contributed by atoms with Crippen molar-refractivity contribution in [2.24, 2.45) is 11.8 Å². The van der Waals surface area contributed by atoms with E-state index in [1.54, 1.807) is 0 Å². The Labute approximate surface area is 119 Å². The quantitative estimate of drug-likeness (QED) is 0.816. The van der Waals surface area contributed by atoms with Crippen LogP contribution in [0.5, 0.6) is 0 Å². The van der Waals surface area contributed by atoms with Gasteiger partial charge in [-0.05, 0) is 30.4 Å². The predicted molar refractivity (Wildman–Crippen MR) is 78.5 cm³/mol. The summed E-state index contributed by atoms with van der Waals surface area (Å²) in [4.78, 5) is 14.4. The van der Waals surface area contributed by atoms with E-state index in [9.17, 15) is 9.90 Å². The van der Waals surface area contributed by atoms with Crippen LogP contribution in [0.3, 0.4) is 0 Å². The highest BCUT2D eigenvalue weighted by Crippen LogP contribution is 2.26. The van der Waals surface area contributed by atoms with Gasteiger partial charge in [-0.1, -0.05) is 25.1 Å². The van der Waals surface area contributed by atoms with Gasteiger partial charge in [0.1, 0.15) is 0 Å². The Hall–Kier alpha value is -1.55. The highest BCUT2D eigenvalue weighted by molar-refractivity contribution is 5.81. The third-order valence-corrected chi connectivity index (χ3v) is 4.60. The molecule has 2 aliphatic heterocycles. The van der Waals surface area contributed by atoms with Gasteiger partial charge < -0.3 is 15.3 Å². The molecule has 0 aromatic heterocycles. The summed E-state index contributed by atoms with van der Waals surface area (Å²) in [5, 5.41) is 13.3. The molecule has 108 valence electrons. The van der Waals surface area contributed by atoms with Gasteiger partial charge in [-0.3, -0.25) is 4.79 Å². The summed E-state index contributed by atoms with van der Waals surface area (Å²) in [6.07, 6.45) is 1.31. The molecule has 2 heterocycles. The van der Waals surface area contributed by atoms with Crippen molar-refractivity contribution in [1.82, 2.24) is 4.90 Å². The summed E-state index contributed by atoms with van der Waals surface area (Å²) in [5.41, 5.74) is 2.35. The number of carbonyl (C=O) groups is 1. The fraction of sp³-hybridized carbons (Fsp3) is 0.562. The monoisotopic (exact) mass is 274 g/mol. The molecule has 2 aliphatic rings. The molecule has 4 heteroatoms. The Morgan fingerprint density at radius 2 is 2.20 bits per heavy atom. The summed E-state index contributed by atoms with van der Waals surface area (Å²) >= 11 is 0. The summed E-state index contributed by atoms with van der Waals surface area (Å²) in [5.74, 6) is 0.465. The fourth-order valence-electron chi connectivity index (χ4n) is 3.12. The number of benzene rings is 1. The molecule has 1 saturated heterocycles. The maximum Gasteiger partial charge on any atom is 0.227 e. The fourth-order valence-corrected chi connectivity index (χ4v) is 3.12. The zero-order valence-electron chi connectivity index (χ0n) is 11.9. The molecule has 1 fully saturated rings. The highest BCUT2D eigenvalue weighted by Gasteiger charge is 2.32. The lowest BCUT2D eigenvalue weighted by molar-refractivity contribution is -0.139. The first-order valence-corrected chi connectivity index (χ1v) is 7.44. The molecule has 4 nitrogen and oxygen atoms in total. The minimum atomic E-state index is -0.378. The van der Waals surface area contributed by atoms with E-state index in [2.05, 4.69) is 17.4 Å². The number of carbonyl (C=O) groups excluding carboxylic acids is 1. The lowest BCUT2D eigenvalue weighted by atomic mass is 9.90. The number of hydrogen-bond acceptors (Lipinski definition) is 3. The maximum atomic E-state index is 12.6. The van der Waals surface area contributed by atoms with Crippen molar-refractivity contribution in [3.63, 3.8) is 0 Å². The molecule has 3 unspecified atom stereocenters. The Kier molecular flexibility index (Phi) is 3.66. The Balaban J connectivity index is 1.67. The second-order valence-electron chi connectivity index (χ2n) is 6.06. The number of likely N-dealkylation sites (tertiary alicyclic amines) is 1. The van der Waals surface area contributed by atoms with Gasteiger partial charge in [0, 0.05) is 25.3 Å². The number of para-hydroxylation sites is 1. The van der Waals surface area contributed by atoms with Crippen molar-refractivity contribution >= 4 is 11.6 Å². The molecule has 1 amide bonds. The molecule has 0 bridgehead atoms. The predicted octanol–water partition coefficient (Wildman–Crippen LogP) is 1.50. The molecule has 1 aromatic rings. The summed E-state index contributed by atoms with van der Waals surface area (Å²) in [7, 11) is 0. The van der Waals surface area contributed by atoms with Crippen LogP contribution in [0.25, 0.3) is 0 Å². The summed E-state index contributed by atoms with van der Waals surface area (Å²) < 4.78 is 0. The topological polar surface area (TPSA) is 52.6 Å². The normalized spacial score (nSPS) is 29.5. The van der Waals surface area contributed by atoms with Crippen molar-refractivity contribution in [3.05, 3.63) is 29.8 Å². The lowest BCUT2D eigenvalue weighted by Gasteiger charge is -2.37. The molecule has 2 N–H and O–H groups in total. The number of anilines is 1. The van der Waals surface area contributed by atoms with Crippen LogP contribution in [0.2, 0.25) is 0 Å². The molecular weight excluding hydrogens is 252 g/mol. The van der Waals surface area contributed by atoms with Crippen molar-refractivity contribution in [1.29, 1.82) is 0 Å². The van der Waals surface area contributed by atoms with E-state index in [4.69, 9.17) is 0 Å². The molecule has 0 radical (unpaired) electrons. The van der Waals surface area contributed by atoms with Gasteiger partial charge in [0.25, 0.3) is 0 Å². The zero-order chi connectivity index (χ0) is 14.1. The second-order valence-corrected chi connectivity index (χ2v) is 6.06. The van der Waals surface area contributed by atoms with E-state index < -0.39 is 0 Å². The molecule has 3 atom stereocenters. The average molecular weight is 274 g/mol. The van der Waals surface area contributed by atoms with Gasteiger partial charge >= 0.3 is 0 Å². The molecular formula is C16H22N2O2. The number of β-amino-alcohol motifs (C(OH)–C–C–N with tert-alkyl or cyclic N) is 1. The van der Waals surface area contributed by atoms with Gasteiger partial charge in [-0.25, -0.2) is 0 Å². The Bertz CT molecular complexity index is 503. The molecule has 1 aromatic carbocycles. The summed E-state index contributed by atoms with van der Waals surface area (Å²) in [6.45, 7) is 4.00. The number of aliphatic hydroxyl groups excluding tert-OH is 1. The molecule has 0 spiro atoms. The van der Waals surface area contributed by atoms with E-state index in [0.717, 1.165) is 25.1 Å². The van der Waals surface area contributed by atoms with E-state index in [1.807, 2.05) is 24.0 Å². The van der Waals surface area contributed by atoms with Crippen molar-refractivity contribution in [2.75, 3.05) is 25.0 Å². The number of rotatable bonds is 1. The van der Waals surface area contributed by atoms with E-state index in [1.165, 1.54) is 5.56 Å². The van der Waals surface area contributed by atoms with Crippen LogP contribution in [-0.2, 0) is 11.2 Å². The number of aliphatic hydroxyl groups is 1. The summed E-state index contributed by atoms with van der Waals surface area (Å²) in [6, 6.07) is 8.16. The van der Waals surface area contributed by atoms with Crippen LogP contribution >= 0.6 is 0 Å². The highest BCUT2D eigenvalue weighted by atomic mass is 16.3. The zero-order valence-corrected chi connectivity index (χ0v) is 11.9. The van der Waals surface area contributed by atoms with Crippen LogP contribution in [0.1, 0.15) is 18.9 Å². The standard InChI is InChI=1S/C16H22N2O2/c1-11-6-7-18(10-15(11)19)16(20)13-8-12-4-2-3-5-14(12)17-9-13/h2-5,11,13,15,17,19H,6-10H2,1H3. The second kappa shape index (κ2) is 5.44. The molecule has 20 heavy (non-hydrogen) atoms. The van der Waals surface area contributed by atoms with Crippen molar-refractivity contribution < 1.29 is 9.90 Å². The van der Waals surface area contributed by atoms with Crippen LogP contribution in [-0.4, -0.2) is 41.7 Å². The number of nitrogens with one attached hydrogen (secondary N) is 1. The SMILES string of the molecule is CC1CCN(C(=O)C2CNc3ccccc3C2)CC1O. The first-order chi connectivity index (χ1) is 9.65. The van der Waals surface area contributed by atoms with Crippen LogP contribution in [0.15, 0.2) is 24.3 Å². The molecule has 3 rings (SSSR count). The van der Waals surface area contributed by atoms with Gasteiger partial charge in [-0.15, -0.1) is 0 Å². The van der Waals surface area contributed by atoms with E-state index in [0.29, 0.717) is 19.0 Å². The number of piperidine rings is 1. The number of fused-ring (bicyclic) bond motifs is 1. The lowest BCUT2D eigenvalue weighted by Crippen LogP contribution is -2.49. The van der Waals surface area contributed by atoms with Gasteiger partial charge in [0.05, 0.1) is 12.0 Å². The first-order valence-electron chi connectivity index (χ1n) is 7.44. The third-order valence-electron chi connectivity index (χ3n) is 4.60.